The third-order valence-electron chi connectivity index (χ3n) is 2.58. The summed E-state index contributed by atoms with van der Waals surface area (Å²) in [5.41, 5.74) is 6.64. The van der Waals surface area contributed by atoms with E-state index in [0.29, 0.717) is 6.54 Å². The lowest BCUT2D eigenvalue weighted by atomic mass is 10.0. The first-order valence-corrected chi connectivity index (χ1v) is 5.87. The van der Waals surface area contributed by atoms with E-state index in [0.717, 1.165) is 17.1 Å². The summed E-state index contributed by atoms with van der Waals surface area (Å²) < 4.78 is 5.19. The molecule has 0 aromatic carbocycles. The largest absolute Gasteiger partial charge is 0.497 e. The highest BCUT2D eigenvalue weighted by Crippen LogP contribution is 2.15. The summed E-state index contributed by atoms with van der Waals surface area (Å²) in [6.07, 6.45) is 0.288. The molecule has 0 aliphatic carbocycles. The quantitative estimate of drug-likeness (QED) is 0.795. The third kappa shape index (κ3) is 4.71. The van der Waals surface area contributed by atoms with Gasteiger partial charge in [-0.1, -0.05) is 0 Å². The van der Waals surface area contributed by atoms with E-state index in [2.05, 4.69) is 10.3 Å². The van der Waals surface area contributed by atoms with Crippen LogP contribution in [0.2, 0.25) is 0 Å². The number of methoxy groups -OCH3 is 1. The molecule has 0 saturated heterocycles. The first kappa shape index (κ1) is 14.4. The molecule has 1 heterocycles. The van der Waals surface area contributed by atoms with Crippen LogP contribution in [-0.4, -0.2) is 23.5 Å². The average molecular weight is 251 g/mol. The van der Waals surface area contributed by atoms with Crippen LogP contribution in [0.15, 0.2) is 12.1 Å². The van der Waals surface area contributed by atoms with Gasteiger partial charge < -0.3 is 15.8 Å². The van der Waals surface area contributed by atoms with Crippen molar-refractivity contribution in [2.24, 2.45) is 5.73 Å². The Morgan fingerprint density at radius 2 is 2.17 bits per heavy atom. The molecule has 0 bridgehead atoms. The van der Waals surface area contributed by atoms with Gasteiger partial charge >= 0.3 is 0 Å². The van der Waals surface area contributed by atoms with Crippen LogP contribution in [0.5, 0.6) is 5.75 Å². The van der Waals surface area contributed by atoms with Crippen LogP contribution in [0.1, 0.15) is 31.7 Å². The Morgan fingerprint density at radius 3 is 2.72 bits per heavy atom. The zero-order valence-corrected chi connectivity index (χ0v) is 11.4. The number of aryl methyl sites for hydroxylation is 1. The smallest absolute Gasteiger partial charge is 0.219 e. The van der Waals surface area contributed by atoms with Gasteiger partial charge in [0, 0.05) is 36.3 Å². The number of pyridine rings is 1. The van der Waals surface area contributed by atoms with E-state index in [1.807, 2.05) is 32.9 Å². The Labute approximate surface area is 108 Å². The zero-order chi connectivity index (χ0) is 13.8. The highest BCUT2D eigenvalue weighted by molar-refractivity contribution is 5.74. The van der Waals surface area contributed by atoms with Gasteiger partial charge in [-0.05, 0) is 20.8 Å². The maximum absolute atomic E-state index is 10.9. The Bertz CT molecular complexity index is 430. The number of hydrogen-bond acceptors (Lipinski definition) is 4. The van der Waals surface area contributed by atoms with Crippen molar-refractivity contribution in [3.63, 3.8) is 0 Å². The van der Waals surface area contributed by atoms with Crippen molar-refractivity contribution in [1.29, 1.82) is 0 Å². The predicted octanol–water partition coefficient (Wildman–Crippen LogP) is 1.14. The average Bonchev–Trinajstić information content (AvgIpc) is 2.24. The number of nitrogens with zero attached hydrogens (tertiary/aromatic N) is 1. The monoisotopic (exact) mass is 251 g/mol. The summed E-state index contributed by atoms with van der Waals surface area (Å²) in [5, 5.41) is 3.27. The molecule has 5 heteroatoms. The van der Waals surface area contributed by atoms with Crippen molar-refractivity contribution >= 4 is 5.91 Å². The number of rotatable bonds is 6. The molecule has 0 unspecified atom stereocenters. The van der Waals surface area contributed by atoms with Gasteiger partial charge in [-0.15, -0.1) is 0 Å². The molecular formula is C13H21N3O2. The van der Waals surface area contributed by atoms with Crippen LogP contribution >= 0.6 is 0 Å². The molecular weight excluding hydrogens is 230 g/mol. The van der Waals surface area contributed by atoms with E-state index < -0.39 is 0 Å². The van der Waals surface area contributed by atoms with Gasteiger partial charge in [-0.25, -0.2) is 0 Å². The fourth-order valence-electron chi connectivity index (χ4n) is 1.74. The number of nitrogens with two attached hydrogens (primary N) is 1. The summed E-state index contributed by atoms with van der Waals surface area (Å²) in [6, 6.07) is 3.75. The van der Waals surface area contributed by atoms with Crippen LogP contribution in [0.25, 0.3) is 0 Å². The molecule has 100 valence electrons. The second-order valence-corrected chi connectivity index (χ2v) is 5.02. The zero-order valence-electron chi connectivity index (χ0n) is 11.4. The Kier molecular flexibility index (Phi) is 4.67. The van der Waals surface area contributed by atoms with Gasteiger partial charge in [0.15, 0.2) is 0 Å². The van der Waals surface area contributed by atoms with Crippen molar-refractivity contribution in [3.05, 3.63) is 23.5 Å². The van der Waals surface area contributed by atoms with Crippen molar-refractivity contribution in [1.82, 2.24) is 10.3 Å². The van der Waals surface area contributed by atoms with Crippen LogP contribution in [-0.2, 0) is 11.3 Å². The minimum absolute atomic E-state index is 0.288. The predicted molar refractivity (Wildman–Crippen MR) is 70.3 cm³/mol. The number of amides is 1. The number of primary amides is 1. The first-order chi connectivity index (χ1) is 8.32. The lowest BCUT2D eigenvalue weighted by Gasteiger charge is -2.24. The highest BCUT2D eigenvalue weighted by Gasteiger charge is 2.19. The second kappa shape index (κ2) is 5.82. The number of nitrogens with one attached hydrogen (secondary N) is 1. The molecule has 0 saturated carbocycles. The summed E-state index contributed by atoms with van der Waals surface area (Å²) in [5.74, 6) is 0.467. The number of carbonyl (C=O) groups is 1. The number of aromatic nitrogens is 1. The van der Waals surface area contributed by atoms with Crippen LogP contribution in [0.3, 0.4) is 0 Å². The SMILES string of the molecule is COc1cc(C)nc(CNC(C)(C)CC(N)=O)c1. The Hall–Kier alpha value is -1.62. The second-order valence-electron chi connectivity index (χ2n) is 5.02. The summed E-state index contributed by atoms with van der Waals surface area (Å²) >= 11 is 0. The fraction of sp³-hybridized carbons (Fsp3) is 0.538. The van der Waals surface area contributed by atoms with Crippen LogP contribution in [0, 0.1) is 6.92 Å². The minimum Gasteiger partial charge on any atom is -0.497 e. The van der Waals surface area contributed by atoms with Gasteiger partial charge in [0.2, 0.25) is 5.91 Å². The fourth-order valence-corrected chi connectivity index (χ4v) is 1.74. The standard InChI is InChI=1S/C13H21N3O2/c1-9-5-11(18-4)6-10(16-9)8-15-13(2,3)7-12(14)17/h5-6,15H,7-8H2,1-4H3,(H2,14,17). The Balaban J connectivity index is 2.68. The molecule has 5 nitrogen and oxygen atoms in total. The van der Waals surface area contributed by atoms with E-state index in [1.54, 1.807) is 7.11 Å². The van der Waals surface area contributed by atoms with Crippen LogP contribution in [0.4, 0.5) is 0 Å². The van der Waals surface area contributed by atoms with Crippen molar-refractivity contribution in [2.75, 3.05) is 7.11 Å². The molecule has 1 amide bonds. The minimum atomic E-state index is -0.343. The molecule has 3 N–H and O–H groups in total. The van der Waals surface area contributed by atoms with E-state index in [1.165, 1.54) is 0 Å². The van der Waals surface area contributed by atoms with Crippen molar-refractivity contribution in [2.45, 2.75) is 39.3 Å². The highest BCUT2D eigenvalue weighted by atomic mass is 16.5. The molecule has 1 rings (SSSR count). The van der Waals surface area contributed by atoms with Gasteiger partial charge in [0.25, 0.3) is 0 Å². The molecule has 0 fully saturated rings. The van der Waals surface area contributed by atoms with E-state index >= 15 is 0 Å². The van der Waals surface area contributed by atoms with Crippen LogP contribution < -0.4 is 15.8 Å². The molecule has 0 spiro atoms. The molecule has 18 heavy (non-hydrogen) atoms. The third-order valence-corrected chi connectivity index (χ3v) is 2.58. The number of carbonyl (C=O) groups excluding carboxylic acids is 1. The summed E-state index contributed by atoms with van der Waals surface area (Å²) in [6.45, 7) is 6.36. The lowest BCUT2D eigenvalue weighted by molar-refractivity contribution is -0.119. The topological polar surface area (TPSA) is 77.2 Å². The molecule has 0 radical (unpaired) electrons. The first-order valence-electron chi connectivity index (χ1n) is 5.87. The van der Waals surface area contributed by atoms with Gasteiger partial charge in [-0.3, -0.25) is 9.78 Å². The Morgan fingerprint density at radius 1 is 1.50 bits per heavy atom. The molecule has 0 atom stereocenters. The van der Waals surface area contributed by atoms with Gasteiger partial charge in [0.1, 0.15) is 5.75 Å². The molecule has 0 aliphatic rings. The molecule has 0 aliphatic heterocycles. The van der Waals surface area contributed by atoms with Crippen molar-refractivity contribution < 1.29 is 9.53 Å². The maximum Gasteiger partial charge on any atom is 0.219 e. The van der Waals surface area contributed by atoms with E-state index in [9.17, 15) is 4.79 Å². The number of hydrogen-bond donors (Lipinski definition) is 2. The normalized spacial score (nSPS) is 11.3. The number of ether oxygens (including phenoxy) is 1. The summed E-state index contributed by atoms with van der Waals surface area (Å²) in [7, 11) is 1.63. The van der Waals surface area contributed by atoms with E-state index in [4.69, 9.17) is 10.5 Å². The lowest BCUT2D eigenvalue weighted by Crippen LogP contribution is -2.42. The molecule has 1 aromatic rings. The van der Waals surface area contributed by atoms with Gasteiger partial charge in [0.05, 0.1) is 12.8 Å². The van der Waals surface area contributed by atoms with E-state index in [-0.39, 0.29) is 17.9 Å². The molecule has 1 aromatic heterocycles. The van der Waals surface area contributed by atoms with Crippen molar-refractivity contribution in [3.8, 4) is 5.75 Å². The summed E-state index contributed by atoms with van der Waals surface area (Å²) in [4.78, 5) is 15.3. The maximum atomic E-state index is 10.9. The van der Waals surface area contributed by atoms with Gasteiger partial charge in [-0.2, -0.15) is 0 Å².